The normalized spacial score (nSPS) is 27.7. The maximum Gasteiger partial charge on any atom is 0.269 e. The molecule has 2 heterocycles. The number of aliphatic imine (C=N–C) groups is 1. The lowest BCUT2D eigenvalue weighted by Crippen LogP contribution is -2.56. The van der Waals surface area contributed by atoms with Crippen molar-refractivity contribution in [3.8, 4) is 0 Å². The Balaban J connectivity index is 1.82. The number of thiazole rings is 1. The van der Waals surface area contributed by atoms with Crippen LogP contribution in [0.15, 0.2) is 38.6 Å². The zero-order valence-corrected chi connectivity index (χ0v) is 18.2. The van der Waals surface area contributed by atoms with Gasteiger partial charge in [-0.25, -0.2) is 4.98 Å². The zero-order chi connectivity index (χ0) is 21.8. The van der Waals surface area contributed by atoms with Gasteiger partial charge < -0.3 is 25.9 Å². The van der Waals surface area contributed by atoms with E-state index in [9.17, 15) is 19.7 Å². The summed E-state index contributed by atoms with van der Waals surface area (Å²) in [6.45, 7) is -0.493. The molecule has 0 radical (unpaired) electrons. The lowest BCUT2D eigenvalue weighted by Gasteiger charge is -2.40. The summed E-state index contributed by atoms with van der Waals surface area (Å²) in [5, 5.41) is 35.8. The lowest BCUT2D eigenvalue weighted by molar-refractivity contribution is -0.159. The van der Waals surface area contributed by atoms with Crippen molar-refractivity contribution in [2.24, 2.45) is 15.9 Å². The molecule has 1 aromatic carbocycles. The second-order valence-electron chi connectivity index (χ2n) is 6.17. The van der Waals surface area contributed by atoms with Crippen molar-refractivity contribution in [1.82, 2.24) is 4.98 Å². The molecule has 0 bridgehead atoms. The van der Waals surface area contributed by atoms with Crippen LogP contribution in [0.3, 0.4) is 0 Å². The number of aliphatic hydroxyl groups is 3. The van der Waals surface area contributed by atoms with Crippen LogP contribution >= 0.6 is 46.3 Å². The maximum absolute atomic E-state index is 13.2. The van der Waals surface area contributed by atoms with E-state index in [4.69, 9.17) is 33.8 Å². The van der Waals surface area contributed by atoms with Gasteiger partial charge in [0.05, 0.1) is 22.9 Å². The van der Waals surface area contributed by atoms with Crippen LogP contribution in [0.25, 0.3) is 0 Å². The third-order valence-electron chi connectivity index (χ3n) is 4.24. The molecule has 0 amide bonds. The van der Waals surface area contributed by atoms with E-state index in [1.807, 2.05) is 0 Å². The minimum Gasteiger partial charge on any atom is -0.394 e. The average molecular weight is 495 g/mol. The highest BCUT2D eigenvalue weighted by Gasteiger charge is 2.44. The number of rotatable bonds is 6. The molecule has 0 aliphatic carbocycles. The zero-order valence-electron chi connectivity index (χ0n) is 15.1. The van der Waals surface area contributed by atoms with Crippen LogP contribution < -0.4 is 5.84 Å². The second-order valence-corrected chi connectivity index (χ2v) is 8.96. The summed E-state index contributed by atoms with van der Waals surface area (Å²) >= 11 is 13.8. The number of thioether (sulfide) groups is 1. The monoisotopic (exact) mass is 494 g/mol. The highest BCUT2D eigenvalue weighted by molar-refractivity contribution is 7.99. The molecule has 5 N–H and O–H groups in total. The van der Waals surface area contributed by atoms with Gasteiger partial charge in [0.25, 0.3) is 5.26 Å². The number of ether oxygens (including phenoxy) is 1. The molecule has 30 heavy (non-hydrogen) atoms. The molecular formula is C17H17Cl2FN4O4S2. The number of hydrogen-bond donors (Lipinski definition) is 4. The number of benzene rings is 1. The fourth-order valence-electron chi connectivity index (χ4n) is 2.72. The quantitative estimate of drug-likeness (QED) is 0.273. The van der Waals surface area contributed by atoms with E-state index in [1.165, 1.54) is 11.6 Å². The van der Waals surface area contributed by atoms with E-state index in [0.29, 0.717) is 14.9 Å². The number of halogens is 3. The summed E-state index contributed by atoms with van der Waals surface area (Å²) in [4.78, 5) is 8.47. The molecule has 0 saturated carbocycles. The van der Waals surface area contributed by atoms with Crippen molar-refractivity contribution >= 4 is 58.2 Å². The fourth-order valence-corrected chi connectivity index (χ4v) is 4.71. The number of nitrogens with two attached hydrogens (primary N) is 1. The molecule has 5 atom stereocenters. The van der Waals surface area contributed by atoms with Crippen LogP contribution in [0.4, 0.5) is 4.39 Å². The third-order valence-corrected chi connectivity index (χ3v) is 6.75. The van der Waals surface area contributed by atoms with Crippen molar-refractivity contribution in [3.05, 3.63) is 44.6 Å². The number of aromatic nitrogens is 1. The van der Waals surface area contributed by atoms with Gasteiger partial charge in [-0.05, 0) is 18.2 Å². The standard InChI is InChI=1S/C17H17Cl2FN4O4S2/c18-8-2-1-7(3-9(8)19)30-16-15(27)13(14(26)12(5-25)28-16)22-4-10(24-21)11-6-29-17(20)23-11/h1-4,6,12-16,25-27H,5,21H2/t12?,13?,14-,15?,16+/m0/s1. The maximum atomic E-state index is 13.2. The van der Waals surface area contributed by atoms with Crippen LogP contribution in [0.1, 0.15) is 5.69 Å². The molecule has 1 aliphatic heterocycles. The molecule has 3 unspecified atom stereocenters. The van der Waals surface area contributed by atoms with Gasteiger partial charge in [0.15, 0.2) is 0 Å². The first-order valence-corrected chi connectivity index (χ1v) is 11.0. The van der Waals surface area contributed by atoms with Gasteiger partial charge in [-0.2, -0.15) is 9.49 Å². The highest BCUT2D eigenvalue weighted by atomic mass is 35.5. The van der Waals surface area contributed by atoms with E-state index in [0.717, 1.165) is 23.1 Å². The SMILES string of the molecule is NN=C(C=NC1C(O)[C@@H](Sc2ccc(Cl)c(Cl)c2)OC(CO)[C@@H]1O)c1csc(F)n1. The molecule has 8 nitrogen and oxygen atoms in total. The van der Waals surface area contributed by atoms with Gasteiger partial charge in [0, 0.05) is 10.3 Å². The molecule has 1 aliphatic rings. The summed E-state index contributed by atoms with van der Waals surface area (Å²) in [5.74, 6) is 5.33. The lowest BCUT2D eigenvalue weighted by atomic mass is 9.98. The molecule has 1 saturated heterocycles. The Labute approximate surface area is 189 Å². The summed E-state index contributed by atoms with van der Waals surface area (Å²) in [7, 11) is 0. The Morgan fingerprint density at radius 3 is 2.70 bits per heavy atom. The van der Waals surface area contributed by atoms with Gasteiger partial charge in [-0.1, -0.05) is 46.3 Å². The van der Waals surface area contributed by atoms with E-state index in [-0.39, 0.29) is 11.4 Å². The van der Waals surface area contributed by atoms with Gasteiger partial charge in [-0.3, -0.25) is 4.99 Å². The Bertz CT molecular complexity index is 948. The first-order valence-electron chi connectivity index (χ1n) is 8.50. The van der Waals surface area contributed by atoms with Crippen molar-refractivity contribution in [3.63, 3.8) is 0 Å². The van der Waals surface area contributed by atoms with Crippen LogP contribution in [-0.2, 0) is 4.74 Å². The predicted octanol–water partition coefficient (Wildman–Crippen LogP) is 1.92. The van der Waals surface area contributed by atoms with Gasteiger partial charge >= 0.3 is 0 Å². The topological polar surface area (TPSA) is 134 Å². The van der Waals surface area contributed by atoms with Crippen LogP contribution in [-0.4, -0.2) is 68.6 Å². The fraction of sp³-hybridized carbons (Fsp3) is 0.353. The van der Waals surface area contributed by atoms with E-state index in [1.54, 1.807) is 18.2 Å². The van der Waals surface area contributed by atoms with Gasteiger partial charge in [0.2, 0.25) is 0 Å². The minimum atomic E-state index is -1.31. The molecule has 3 rings (SSSR count). The van der Waals surface area contributed by atoms with E-state index >= 15 is 0 Å². The molecule has 162 valence electrons. The third kappa shape index (κ3) is 5.29. The Morgan fingerprint density at radius 2 is 2.10 bits per heavy atom. The van der Waals surface area contributed by atoms with Gasteiger partial charge in [0.1, 0.15) is 41.2 Å². The Kier molecular flexibility index (Phi) is 8.04. The Hall–Kier alpha value is -1.31. The van der Waals surface area contributed by atoms with Gasteiger partial charge in [-0.15, -0.1) is 0 Å². The molecular weight excluding hydrogens is 478 g/mol. The summed E-state index contributed by atoms with van der Waals surface area (Å²) < 4.78 is 18.8. The minimum absolute atomic E-state index is 0.0651. The number of nitrogens with zero attached hydrogens (tertiary/aromatic N) is 3. The van der Waals surface area contributed by atoms with Crippen molar-refractivity contribution < 1.29 is 24.4 Å². The summed E-state index contributed by atoms with van der Waals surface area (Å²) in [5.41, 5.74) is -0.643. The number of aliphatic hydroxyl groups excluding tert-OH is 3. The molecule has 1 fully saturated rings. The predicted molar refractivity (Wildman–Crippen MR) is 115 cm³/mol. The Morgan fingerprint density at radius 1 is 1.33 bits per heavy atom. The number of hydrogen-bond acceptors (Lipinski definition) is 10. The summed E-state index contributed by atoms with van der Waals surface area (Å²) in [6.07, 6.45) is -2.37. The van der Waals surface area contributed by atoms with E-state index in [2.05, 4.69) is 15.1 Å². The van der Waals surface area contributed by atoms with Crippen molar-refractivity contribution in [1.29, 1.82) is 0 Å². The summed E-state index contributed by atoms with van der Waals surface area (Å²) in [6, 6.07) is 3.84. The van der Waals surface area contributed by atoms with Crippen LogP contribution in [0.2, 0.25) is 10.0 Å². The second kappa shape index (κ2) is 10.3. The largest absolute Gasteiger partial charge is 0.394 e. The molecule has 1 aromatic heterocycles. The average Bonchev–Trinajstić information content (AvgIpc) is 3.15. The molecule has 2 aromatic rings. The van der Waals surface area contributed by atoms with E-state index < -0.39 is 41.7 Å². The van der Waals surface area contributed by atoms with Crippen molar-refractivity contribution in [2.75, 3.05) is 6.61 Å². The molecule has 13 heteroatoms. The smallest absolute Gasteiger partial charge is 0.269 e. The first-order chi connectivity index (χ1) is 14.3. The molecule has 0 spiro atoms. The van der Waals surface area contributed by atoms with Crippen LogP contribution in [0, 0.1) is 5.26 Å². The van der Waals surface area contributed by atoms with Crippen molar-refractivity contribution in [2.45, 2.75) is 34.7 Å². The highest BCUT2D eigenvalue weighted by Crippen LogP contribution is 2.36. The number of hydrazone groups is 1. The van der Waals surface area contributed by atoms with Crippen LogP contribution in [0.5, 0.6) is 0 Å². The first kappa shape index (κ1) is 23.4.